The highest BCUT2D eigenvalue weighted by Gasteiger charge is 2.28. The van der Waals surface area contributed by atoms with E-state index in [0.29, 0.717) is 17.8 Å². The van der Waals surface area contributed by atoms with Crippen molar-refractivity contribution in [1.82, 2.24) is 9.47 Å². The van der Waals surface area contributed by atoms with E-state index < -0.39 is 0 Å². The standard InChI is InChI=1S/C13H13FN2O/c1-15-7-6-9-8-4-3-5-10(14)11(8)16(2)12(9)13(15)17/h3-5H,6-7H2,1-2H3. The smallest absolute Gasteiger partial charge is 0.270 e. The van der Waals surface area contributed by atoms with Crippen molar-refractivity contribution in [3.05, 3.63) is 35.3 Å². The van der Waals surface area contributed by atoms with Gasteiger partial charge < -0.3 is 9.47 Å². The number of carbonyl (C=O) groups excluding carboxylic acids is 1. The molecule has 0 spiro atoms. The molecule has 1 aliphatic heterocycles. The van der Waals surface area contributed by atoms with Gasteiger partial charge in [-0.15, -0.1) is 0 Å². The van der Waals surface area contributed by atoms with Gasteiger partial charge in [-0.25, -0.2) is 4.39 Å². The zero-order chi connectivity index (χ0) is 12.2. The number of carbonyl (C=O) groups is 1. The Balaban J connectivity index is 2.43. The quantitative estimate of drug-likeness (QED) is 0.681. The number of aromatic nitrogens is 1. The second kappa shape index (κ2) is 3.32. The zero-order valence-electron chi connectivity index (χ0n) is 9.83. The number of amides is 1. The van der Waals surface area contributed by atoms with Crippen molar-refractivity contribution >= 4 is 16.8 Å². The van der Waals surface area contributed by atoms with Crippen LogP contribution in [0.3, 0.4) is 0 Å². The molecule has 0 fully saturated rings. The van der Waals surface area contributed by atoms with E-state index in [1.54, 1.807) is 29.6 Å². The van der Waals surface area contributed by atoms with Crippen LogP contribution in [0.15, 0.2) is 18.2 Å². The van der Waals surface area contributed by atoms with Crippen molar-refractivity contribution in [2.24, 2.45) is 7.05 Å². The van der Waals surface area contributed by atoms with E-state index in [1.807, 2.05) is 6.07 Å². The van der Waals surface area contributed by atoms with Gasteiger partial charge in [0.2, 0.25) is 0 Å². The van der Waals surface area contributed by atoms with Gasteiger partial charge in [0, 0.05) is 26.0 Å². The second-order valence-electron chi connectivity index (χ2n) is 4.50. The molecule has 0 unspecified atom stereocenters. The molecule has 1 aromatic heterocycles. The van der Waals surface area contributed by atoms with Crippen molar-refractivity contribution in [3.63, 3.8) is 0 Å². The fourth-order valence-electron chi connectivity index (χ4n) is 2.63. The molecule has 1 aliphatic rings. The summed E-state index contributed by atoms with van der Waals surface area (Å²) in [5.41, 5.74) is 2.13. The molecule has 0 bridgehead atoms. The highest BCUT2D eigenvalue weighted by molar-refractivity contribution is 6.02. The number of hydrogen-bond donors (Lipinski definition) is 0. The molecule has 4 heteroatoms. The molecule has 0 aliphatic carbocycles. The molecule has 88 valence electrons. The number of nitrogens with zero attached hydrogens (tertiary/aromatic N) is 2. The Hall–Kier alpha value is -1.84. The number of fused-ring (bicyclic) bond motifs is 3. The van der Waals surface area contributed by atoms with Gasteiger partial charge >= 0.3 is 0 Å². The first kappa shape index (κ1) is 10.3. The SMILES string of the molecule is CN1CCc2c(n(C)c3c(F)cccc23)C1=O. The van der Waals surface area contributed by atoms with Gasteiger partial charge in [-0.3, -0.25) is 4.79 Å². The van der Waals surface area contributed by atoms with Crippen LogP contribution in [0.2, 0.25) is 0 Å². The van der Waals surface area contributed by atoms with Crippen molar-refractivity contribution < 1.29 is 9.18 Å². The lowest BCUT2D eigenvalue weighted by Gasteiger charge is -2.23. The Morgan fingerprint density at radius 2 is 2.06 bits per heavy atom. The van der Waals surface area contributed by atoms with Gasteiger partial charge in [-0.2, -0.15) is 0 Å². The van der Waals surface area contributed by atoms with Crippen molar-refractivity contribution in [3.8, 4) is 0 Å². The largest absolute Gasteiger partial charge is 0.340 e. The summed E-state index contributed by atoms with van der Waals surface area (Å²) in [6.07, 6.45) is 0.790. The third-order valence-corrected chi connectivity index (χ3v) is 3.52. The van der Waals surface area contributed by atoms with E-state index in [4.69, 9.17) is 0 Å². The summed E-state index contributed by atoms with van der Waals surface area (Å²) in [7, 11) is 3.53. The average molecular weight is 232 g/mol. The number of benzene rings is 1. The van der Waals surface area contributed by atoms with E-state index in [0.717, 1.165) is 17.4 Å². The summed E-state index contributed by atoms with van der Waals surface area (Å²) in [5, 5.41) is 0.865. The fraction of sp³-hybridized carbons (Fsp3) is 0.308. The number of hydrogen-bond acceptors (Lipinski definition) is 1. The van der Waals surface area contributed by atoms with E-state index >= 15 is 0 Å². The second-order valence-corrected chi connectivity index (χ2v) is 4.50. The van der Waals surface area contributed by atoms with Gasteiger partial charge in [-0.1, -0.05) is 12.1 Å². The maximum absolute atomic E-state index is 13.8. The Morgan fingerprint density at radius 1 is 1.29 bits per heavy atom. The van der Waals surface area contributed by atoms with Crippen LogP contribution in [-0.4, -0.2) is 29.0 Å². The highest BCUT2D eigenvalue weighted by Crippen LogP contribution is 2.30. The topological polar surface area (TPSA) is 25.2 Å². The molecule has 1 aromatic carbocycles. The summed E-state index contributed by atoms with van der Waals surface area (Å²) in [6, 6.07) is 5.01. The molecule has 17 heavy (non-hydrogen) atoms. The minimum Gasteiger partial charge on any atom is -0.340 e. The molecule has 0 N–H and O–H groups in total. The van der Waals surface area contributed by atoms with Gasteiger partial charge in [0.25, 0.3) is 5.91 Å². The van der Waals surface area contributed by atoms with Gasteiger partial charge in [0.1, 0.15) is 11.5 Å². The lowest BCUT2D eigenvalue weighted by molar-refractivity contribution is 0.0771. The molecule has 3 rings (SSSR count). The summed E-state index contributed by atoms with van der Waals surface area (Å²) in [5.74, 6) is -0.292. The maximum atomic E-state index is 13.8. The van der Waals surface area contributed by atoms with E-state index in [-0.39, 0.29) is 11.7 Å². The van der Waals surface area contributed by atoms with Crippen LogP contribution in [0.5, 0.6) is 0 Å². The predicted octanol–water partition coefficient (Wildman–Crippen LogP) is 1.95. The lowest BCUT2D eigenvalue weighted by atomic mass is 10.0. The molecule has 2 heterocycles. The predicted molar refractivity (Wildman–Crippen MR) is 63.5 cm³/mol. The Kier molecular flexibility index (Phi) is 2.02. The molecule has 2 aromatic rings. The van der Waals surface area contributed by atoms with Crippen LogP contribution in [0.4, 0.5) is 4.39 Å². The Bertz CT molecular complexity index is 630. The first-order valence-electron chi connectivity index (χ1n) is 5.62. The molecule has 1 amide bonds. The highest BCUT2D eigenvalue weighted by atomic mass is 19.1. The normalized spacial score (nSPS) is 15.5. The van der Waals surface area contributed by atoms with Crippen molar-refractivity contribution in [2.45, 2.75) is 6.42 Å². The average Bonchev–Trinajstić information content (AvgIpc) is 2.59. The third-order valence-electron chi connectivity index (χ3n) is 3.52. The number of halogens is 1. The minimum absolute atomic E-state index is 0.0237. The molecule has 0 atom stereocenters. The summed E-state index contributed by atoms with van der Waals surface area (Å²) in [6.45, 7) is 0.696. The fourth-order valence-corrected chi connectivity index (χ4v) is 2.63. The lowest BCUT2D eigenvalue weighted by Crippen LogP contribution is -2.35. The van der Waals surface area contributed by atoms with Gasteiger partial charge in [-0.05, 0) is 18.1 Å². The molecule has 0 radical (unpaired) electrons. The number of rotatable bonds is 0. The van der Waals surface area contributed by atoms with Crippen LogP contribution in [0.25, 0.3) is 10.9 Å². The Morgan fingerprint density at radius 3 is 2.82 bits per heavy atom. The monoisotopic (exact) mass is 232 g/mol. The molecular formula is C13H13FN2O. The van der Waals surface area contributed by atoms with Crippen LogP contribution < -0.4 is 0 Å². The molecule has 3 nitrogen and oxygen atoms in total. The van der Waals surface area contributed by atoms with E-state index in [9.17, 15) is 9.18 Å². The van der Waals surface area contributed by atoms with Crippen molar-refractivity contribution in [1.29, 1.82) is 0 Å². The summed E-state index contributed by atoms with van der Waals surface area (Å²) in [4.78, 5) is 13.8. The van der Waals surface area contributed by atoms with Gasteiger partial charge in [0.15, 0.2) is 0 Å². The minimum atomic E-state index is -0.269. The zero-order valence-corrected chi connectivity index (χ0v) is 9.83. The van der Waals surface area contributed by atoms with Gasteiger partial charge in [0.05, 0.1) is 5.52 Å². The van der Waals surface area contributed by atoms with Crippen LogP contribution in [0.1, 0.15) is 16.1 Å². The number of para-hydroxylation sites is 1. The van der Waals surface area contributed by atoms with Crippen LogP contribution >= 0.6 is 0 Å². The summed E-state index contributed by atoms with van der Waals surface area (Å²) < 4.78 is 15.5. The molecule has 0 saturated carbocycles. The van der Waals surface area contributed by atoms with E-state index in [1.165, 1.54) is 6.07 Å². The first-order valence-corrected chi connectivity index (χ1v) is 5.62. The first-order chi connectivity index (χ1) is 8.11. The molecule has 0 saturated heterocycles. The Labute approximate surface area is 98.4 Å². The van der Waals surface area contributed by atoms with E-state index in [2.05, 4.69) is 0 Å². The van der Waals surface area contributed by atoms with Crippen LogP contribution in [0, 0.1) is 5.82 Å². The van der Waals surface area contributed by atoms with Crippen molar-refractivity contribution in [2.75, 3.05) is 13.6 Å². The number of aryl methyl sites for hydroxylation is 1. The maximum Gasteiger partial charge on any atom is 0.270 e. The third kappa shape index (κ3) is 1.24. The summed E-state index contributed by atoms with van der Waals surface area (Å²) >= 11 is 0. The number of likely N-dealkylation sites (N-methyl/N-ethyl adjacent to an activating group) is 1. The molecular weight excluding hydrogens is 219 g/mol. The van der Waals surface area contributed by atoms with Crippen LogP contribution in [-0.2, 0) is 13.5 Å².